The van der Waals surface area contributed by atoms with Gasteiger partial charge in [0.1, 0.15) is 8.07 Å². The van der Waals surface area contributed by atoms with Crippen molar-refractivity contribution >= 4 is 41.1 Å². The van der Waals surface area contributed by atoms with E-state index in [1.54, 1.807) is 9.75 Å². The molecule has 1 unspecified atom stereocenters. The van der Waals surface area contributed by atoms with Crippen LogP contribution in [0, 0.1) is 19.8 Å². The first-order valence-electron chi connectivity index (χ1n) is 9.77. The fourth-order valence-electron chi connectivity index (χ4n) is 4.64. The molecule has 0 fully saturated rings. The third-order valence-corrected chi connectivity index (χ3v) is 13.8. The van der Waals surface area contributed by atoms with Crippen molar-refractivity contribution in [3.8, 4) is 9.75 Å². The zero-order chi connectivity index (χ0) is 17.3. The molecule has 24 heavy (non-hydrogen) atoms. The van der Waals surface area contributed by atoms with Crippen LogP contribution >= 0.6 is 22.7 Å². The van der Waals surface area contributed by atoms with Gasteiger partial charge in [-0.25, -0.2) is 0 Å². The number of aryl methyl sites for hydroxylation is 2. The maximum absolute atomic E-state index is 2.59. The van der Waals surface area contributed by atoms with Crippen molar-refractivity contribution in [3.05, 3.63) is 21.9 Å². The quantitative estimate of drug-likeness (QED) is 0.455. The minimum Gasteiger partial charge on any atom is -0.140 e. The van der Waals surface area contributed by atoms with Gasteiger partial charge in [0.2, 0.25) is 0 Å². The average Bonchev–Trinajstić information content (AvgIpc) is 3.18. The predicted molar refractivity (Wildman–Crippen MR) is 115 cm³/mol. The number of rotatable bonds is 8. The fourth-order valence-corrected chi connectivity index (χ4v) is 14.5. The Bertz CT molecular complexity index is 649. The van der Waals surface area contributed by atoms with Gasteiger partial charge in [0, 0.05) is 19.5 Å². The lowest BCUT2D eigenvalue weighted by Gasteiger charge is -2.32. The summed E-state index contributed by atoms with van der Waals surface area (Å²) in [4.78, 5) is 6.37. The predicted octanol–water partition coefficient (Wildman–Crippen LogP) is 6.60. The molecule has 2 aromatic rings. The molecule has 0 nitrogen and oxygen atoms in total. The van der Waals surface area contributed by atoms with E-state index in [-0.39, 0.29) is 0 Å². The first kappa shape index (κ1) is 18.4. The molecule has 0 aliphatic carbocycles. The van der Waals surface area contributed by atoms with Crippen molar-refractivity contribution in [2.75, 3.05) is 0 Å². The Balaban J connectivity index is 2.11. The Morgan fingerprint density at radius 3 is 1.96 bits per heavy atom. The van der Waals surface area contributed by atoms with Crippen LogP contribution in [-0.2, 0) is 0 Å². The second-order valence-corrected chi connectivity index (χ2v) is 14.3. The van der Waals surface area contributed by atoms with Crippen molar-refractivity contribution < 1.29 is 0 Å². The highest BCUT2D eigenvalue weighted by atomic mass is 32.1. The molecule has 0 N–H and O–H groups in total. The third kappa shape index (κ3) is 3.08. The van der Waals surface area contributed by atoms with Crippen LogP contribution in [0.3, 0.4) is 0 Å². The molecule has 0 saturated carbocycles. The lowest BCUT2D eigenvalue weighted by Crippen LogP contribution is -2.55. The molecule has 0 radical (unpaired) electrons. The lowest BCUT2D eigenvalue weighted by atomic mass is 10.0. The standard InChI is InChI=1S/C21H32S2Si/c1-6-9-11-24(14-17(8-3)10-7-2)18-12-15(4)22-20(18)21-19(24)13-16(5)23-21/h12-13,17H,6-11,14H2,1-5H3. The summed E-state index contributed by atoms with van der Waals surface area (Å²) in [5, 5.41) is 3.63. The summed E-state index contributed by atoms with van der Waals surface area (Å²) in [5.41, 5.74) is 0. The van der Waals surface area contributed by atoms with Crippen LogP contribution in [-0.4, -0.2) is 8.07 Å². The molecule has 0 saturated heterocycles. The van der Waals surface area contributed by atoms with Gasteiger partial charge in [-0.1, -0.05) is 52.9 Å². The maximum Gasteiger partial charge on any atom is 0.122 e. The molecule has 0 amide bonds. The van der Waals surface area contributed by atoms with Crippen molar-refractivity contribution in [2.24, 2.45) is 5.92 Å². The van der Waals surface area contributed by atoms with E-state index in [0.29, 0.717) is 0 Å². The first-order valence-corrected chi connectivity index (χ1v) is 13.8. The zero-order valence-electron chi connectivity index (χ0n) is 16.0. The van der Waals surface area contributed by atoms with E-state index in [1.165, 1.54) is 53.9 Å². The van der Waals surface area contributed by atoms with E-state index in [2.05, 4.69) is 69.4 Å². The molecular weight excluding hydrogens is 344 g/mol. The third-order valence-electron chi connectivity index (χ3n) is 5.82. The maximum atomic E-state index is 2.59. The van der Waals surface area contributed by atoms with Crippen LogP contribution in [0.2, 0.25) is 12.1 Å². The van der Waals surface area contributed by atoms with Gasteiger partial charge in [0.05, 0.1) is 0 Å². The van der Waals surface area contributed by atoms with Gasteiger partial charge in [-0.05, 0) is 54.4 Å². The van der Waals surface area contributed by atoms with Crippen molar-refractivity contribution in [1.29, 1.82) is 0 Å². The van der Waals surface area contributed by atoms with Crippen LogP contribution in [0.1, 0.15) is 62.6 Å². The molecule has 1 atom stereocenters. The Hall–Kier alpha value is -0.383. The van der Waals surface area contributed by atoms with Crippen LogP contribution in [0.15, 0.2) is 12.1 Å². The summed E-state index contributed by atoms with van der Waals surface area (Å²) in [6, 6.07) is 8.13. The second-order valence-electron chi connectivity index (χ2n) is 7.65. The van der Waals surface area contributed by atoms with Crippen molar-refractivity contribution in [2.45, 2.75) is 78.8 Å². The van der Waals surface area contributed by atoms with E-state index >= 15 is 0 Å². The van der Waals surface area contributed by atoms with E-state index < -0.39 is 8.07 Å². The zero-order valence-corrected chi connectivity index (χ0v) is 18.6. The Kier molecular flexibility index (Phi) is 5.73. The number of unbranched alkanes of at least 4 members (excludes halogenated alkanes) is 1. The minimum absolute atomic E-state index is 0.915. The second kappa shape index (κ2) is 7.47. The molecule has 0 spiro atoms. The first-order chi connectivity index (χ1) is 11.6. The minimum atomic E-state index is -1.55. The normalized spacial score (nSPS) is 16.2. The van der Waals surface area contributed by atoms with Gasteiger partial charge in [-0.3, -0.25) is 0 Å². The fraction of sp³-hybridized carbons (Fsp3) is 0.619. The van der Waals surface area contributed by atoms with Gasteiger partial charge in [-0.15, -0.1) is 22.7 Å². The highest BCUT2D eigenvalue weighted by Crippen LogP contribution is 2.43. The van der Waals surface area contributed by atoms with Crippen molar-refractivity contribution in [1.82, 2.24) is 0 Å². The van der Waals surface area contributed by atoms with E-state index in [1.807, 2.05) is 10.4 Å². The summed E-state index contributed by atoms with van der Waals surface area (Å²) < 4.78 is 0. The Morgan fingerprint density at radius 1 is 0.917 bits per heavy atom. The Morgan fingerprint density at radius 2 is 1.50 bits per heavy atom. The molecule has 2 aromatic heterocycles. The summed E-state index contributed by atoms with van der Waals surface area (Å²) in [7, 11) is -1.55. The lowest BCUT2D eigenvalue weighted by molar-refractivity contribution is 0.503. The van der Waals surface area contributed by atoms with Gasteiger partial charge in [-0.2, -0.15) is 0 Å². The molecule has 3 heteroatoms. The van der Waals surface area contributed by atoms with E-state index in [4.69, 9.17) is 0 Å². The van der Waals surface area contributed by atoms with Crippen LogP contribution in [0.4, 0.5) is 0 Å². The van der Waals surface area contributed by atoms with Crippen LogP contribution in [0.5, 0.6) is 0 Å². The molecule has 3 rings (SSSR count). The summed E-state index contributed by atoms with van der Waals surface area (Å²) in [5.74, 6) is 0.915. The largest absolute Gasteiger partial charge is 0.140 e. The number of hydrogen-bond donors (Lipinski definition) is 0. The molecule has 0 bridgehead atoms. The van der Waals surface area contributed by atoms with Gasteiger partial charge in [0.15, 0.2) is 0 Å². The summed E-state index contributed by atoms with van der Waals surface area (Å²) in [6.07, 6.45) is 6.83. The highest BCUT2D eigenvalue weighted by Gasteiger charge is 2.47. The van der Waals surface area contributed by atoms with Gasteiger partial charge < -0.3 is 0 Å². The topological polar surface area (TPSA) is 0 Å². The van der Waals surface area contributed by atoms with E-state index in [0.717, 1.165) is 5.92 Å². The van der Waals surface area contributed by atoms with Crippen molar-refractivity contribution in [3.63, 3.8) is 0 Å². The number of fused-ring (bicyclic) bond motifs is 3. The summed E-state index contributed by atoms with van der Waals surface area (Å²) >= 11 is 4.12. The SMILES string of the molecule is CCCC[Si]1(CC(CC)CCC)c2cc(C)sc2-c2sc(C)cc21. The highest BCUT2D eigenvalue weighted by molar-refractivity contribution is 7.29. The average molecular weight is 377 g/mol. The number of thiophene rings is 2. The molecule has 1 aliphatic rings. The van der Waals surface area contributed by atoms with Gasteiger partial charge in [0.25, 0.3) is 0 Å². The summed E-state index contributed by atoms with van der Waals surface area (Å²) in [6.45, 7) is 11.8. The Labute approximate surface area is 157 Å². The number of hydrogen-bond acceptors (Lipinski definition) is 2. The molecule has 132 valence electrons. The molecule has 0 aromatic carbocycles. The molecular formula is C21H32S2Si. The monoisotopic (exact) mass is 376 g/mol. The smallest absolute Gasteiger partial charge is 0.122 e. The molecule has 3 heterocycles. The van der Waals surface area contributed by atoms with Gasteiger partial charge >= 0.3 is 0 Å². The van der Waals surface area contributed by atoms with Crippen LogP contribution < -0.4 is 10.4 Å². The molecule has 1 aliphatic heterocycles. The van der Waals surface area contributed by atoms with Crippen LogP contribution in [0.25, 0.3) is 9.75 Å². The van der Waals surface area contributed by atoms with E-state index in [9.17, 15) is 0 Å².